The molecule has 4 atom stereocenters. The summed E-state index contributed by atoms with van der Waals surface area (Å²) in [5.41, 5.74) is 8.72. The molecule has 3 aliphatic heterocycles. The number of likely N-dealkylation sites (tertiary alicyclic amines) is 2. The van der Waals surface area contributed by atoms with Crippen LogP contribution in [0.15, 0.2) is 81.6 Å². The lowest BCUT2D eigenvalue weighted by atomic mass is 9.83. The number of aliphatic hydroxyl groups excluding tert-OH is 1. The van der Waals surface area contributed by atoms with Gasteiger partial charge in [-0.2, -0.15) is 4.98 Å². The number of thiazole rings is 1. The Morgan fingerprint density at radius 3 is 2.59 bits per heavy atom. The van der Waals surface area contributed by atoms with Crippen molar-refractivity contribution in [3.63, 3.8) is 0 Å². The summed E-state index contributed by atoms with van der Waals surface area (Å²) in [5, 5.41) is 18.5. The lowest BCUT2D eigenvalue weighted by Gasteiger charge is -2.32. The Labute approximate surface area is 405 Å². The average Bonchev–Trinajstić information content (AvgIpc) is 4.11. The van der Waals surface area contributed by atoms with Crippen LogP contribution in [0.2, 0.25) is 5.02 Å². The second-order valence-electron chi connectivity index (χ2n) is 19.3. The maximum Gasteiger partial charge on any atom is 0.282 e. The largest absolute Gasteiger partial charge is 0.391 e. The van der Waals surface area contributed by atoms with Gasteiger partial charge in [0, 0.05) is 32.2 Å². The van der Waals surface area contributed by atoms with E-state index in [4.69, 9.17) is 20.9 Å². The van der Waals surface area contributed by atoms with Crippen LogP contribution in [0.25, 0.3) is 27.0 Å². The Bertz CT molecular complexity index is 2960. The monoisotopic (exact) mass is 955 g/mol. The smallest absolute Gasteiger partial charge is 0.282 e. The minimum absolute atomic E-state index is 0.0813. The number of aryl methyl sites for hydroxylation is 1. The van der Waals surface area contributed by atoms with Crippen LogP contribution in [0.5, 0.6) is 0 Å². The highest BCUT2D eigenvalue weighted by molar-refractivity contribution is 7.13. The minimum atomic E-state index is -0.801. The number of hydrogen-bond acceptors (Lipinski definition) is 11. The highest BCUT2D eigenvalue weighted by atomic mass is 35.5. The molecule has 2 saturated heterocycles. The molecule has 15 heteroatoms. The molecule has 0 bridgehead atoms. The standard InChI is InChI=1S/C53H58ClN7O6S/c1-31(2)46(45-26-32(3)58-67-45)51(65)60-29-38(62)28-44(60)49(63)56-33(4)34-13-15-36(16-14-34)48-41(55-30-68-48)11-8-24-66-25-9-21-59-22-19-35(20-23-59)37-17-18-39-43(27-37)61-42-12-7-10-40(54)47(42)50(64)57-52(61)53(39,5)6/h7,10,12-18,26-27,30-31,33,35,38,44,46,62H,9,19-25,28-29H2,1-6H3,(H,56,63)/t33-,38+,44-,46?/m0/s1. The third-order valence-corrected chi connectivity index (χ3v) is 15.1. The molecule has 2 fully saturated rings. The van der Waals surface area contributed by atoms with Gasteiger partial charge < -0.3 is 29.5 Å². The van der Waals surface area contributed by atoms with Crippen molar-refractivity contribution in [1.29, 1.82) is 0 Å². The molecule has 13 nitrogen and oxygen atoms in total. The number of β-amino-alcohol motifs (C(OH)–C–C–N with tert-alkyl or cyclic N) is 1. The van der Waals surface area contributed by atoms with Crippen molar-refractivity contribution in [2.24, 2.45) is 5.92 Å². The lowest BCUT2D eigenvalue weighted by Crippen LogP contribution is -2.48. The predicted molar refractivity (Wildman–Crippen MR) is 264 cm³/mol. The third kappa shape index (κ3) is 9.39. The number of halogens is 1. The van der Waals surface area contributed by atoms with Crippen molar-refractivity contribution >= 4 is 45.7 Å². The zero-order valence-electron chi connectivity index (χ0n) is 39.4. The van der Waals surface area contributed by atoms with Crippen molar-refractivity contribution in [1.82, 2.24) is 34.8 Å². The Balaban J connectivity index is 0.730. The molecule has 0 saturated carbocycles. The fraction of sp³-hybridized carbons (Fsp3) is 0.434. The summed E-state index contributed by atoms with van der Waals surface area (Å²) in [6, 6.07) is 21.0. The topological polar surface area (TPSA) is 156 Å². The van der Waals surface area contributed by atoms with Crippen LogP contribution in [0.1, 0.15) is 118 Å². The van der Waals surface area contributed by atoms with E-state index in [0.717, 1.165) is 71.9 Å². The first-order chi connectivity index (χ1) is 32.7. The van der Waals surface area contributed by atoms with Gasteiger partial charge in [-0.25, -0.2) is 4.98 Å². The number of aliphatic hydroxyl groups is 1. The molecule has 2 N–H and O–H groups in total. The molecule has 354 valence electrons. The Hall–Kier alpha value is -5.69. The molecule has 0 spiro atoms. The van der Waals surface area contributed by atoms with Crippen molar-refractivity contribution in [2.45, 2.75) is 103 Å². The van der Waals surface area contributed by atoms with Gasteiger partial charge in [0.05, 0.1) is 55.3 Å². The number of rotatable bonds is 13. The van der Waals surface area contributed by atoms with Crippen LogP contribution < -0.4 is 10.9 Å². The molecule has 2 amide bonds. The van der Waals surface area contributed by atoms with Gasteiger partial charge in [0.25, 0.3) is 5.56 Å². The minimum Gasteiger partial charge on any atom is -0.391 e. The van der Waals surface area contributed by atoms with E-state index in [2.05, 4.69) is 73.8 Å². The zero-order chi connectivity index (χ0) is 47.9. The van der Waals surface area contributed by atoms with Crippen LogP contribution in [-0.2, 0) is 19.7 Å². The highest BCUT2D eigenvalue weighted by Crippen LogP contribution is 2.45. The maximum absolute atomic E-state index is 13.8. The third-order valence-electron chi connectivity index (χ3n) is 13.9. The van der Waals surface area contributed by atoms with Gasteiger partial charge in [-0.1, -0.05) is 79.0 Å². The van der Waals surface area contributed by atoms with E-state index in [-0.39, 0.29) is 42.3 Å². The fourth-order valence-corrected chi connectivity index (χ4v) is 11.3. The number of nitrogens with zero attached hydrogens (tertiary/aromatic N) is 6. The molecule has 3 aromatic heterocycles. The SMILES string of the molecule is Cc1cc(C(C(=O)N2C[C@H](O)C[C@H]2C(=O)N[C@@H](C)c2ccc(-c3scnc3C#CCOCCCN3CCC(c4ccc5c(c4)-n4c(nc(=O)c6c(Cl)cccc64)C5(C)C)CC3)cc2)C(C)C)on1. The highest BCUT2D eigenvalue weighted by Gasteiger charge is 2.44. The van der Waals surface area contributed by atoms with Gasteiger partial charge in [0.15, 0.2) is 0 Å². The van der Waals surface area contributed by atoms with Crippen molar-refractivity contribution in [3.8, 4) is 28.0 Å². The number of hydrogen-bond donors (Lipinski definition) is 2. The number of aromatic nitrogens is 4. The first kappa shape index (κ1) is 47.4. The second-order valence-corrected chi connectivity index (χ2v) is 20.6. The van der Waals surface area contributed by atoms with Crippen LogP contribution in [0.3, 0.4) is 0 Å². The number of piperidine rings is 1. The van der Waals surface area contributed by atoms with E-state index < -0.39 is 23.5 Å². The predicted octanol–water partition coefficient (Wildman–Crippen LogP) is 8.31. The van der Waals surface area contributed by atoms with E-state index in [1.165, 1.54) is 27.4 Å². The van der Waals surface area contributed by atoms with Crippen LogP contribution in [0, 0.1) is 24.7 Å². The summed E-state index contributed by atoms with van der Waals surface area (Å²) >= 11 is 8.03. The summed E-state index contributed by atoms with van der Waals surface area (Å²) in [7, 11) is 0. The van der Waals surface area contributed by atoms with Gasteiger partial charge in [-0.3, -0.25) is 19.0 Å². The molecule has 0 aliphatic carbocycles. The van der Waals surface area contributed by atoms with Gasteiger partial charge >= 0.3 is 0 Å². The molecule has 3 aliphatic rings. The molecule has 6 aromatic rings. The summed E-state index contributed by atoms with van der Waals surface area (Å²) < 4.78 is 13.5. The number of carbonyl (C=O) groups excluding carboxylic acids is 2. The maximum atomic E-state index is 13.8. The van der Waals surface area contributed by atoms with Crippen molar-refractivity contribution in [2.75, 3.05) is 39.4 Å². The number of ether oxygens (including phenoxy) is 1. The zero-order valence-corrected chi connectivity index (χ0v) is 41.0. The van der Waals surface area contributed by atoms with Crippen molar-refractivity contribution < 1.29 is 24.0 Å². The van der Waals surface area contributed by atoms with Crippen molar-refractivity contribution in [3.05, 3.63) is 127 Å². The number of amides is 2. The number of fused-ring (bicyclic) bond motifs is 5. The van der Waals surface area contributed by atoms with Crippen LogP contribution in [0.4, 0.5) is 0 Å². The summed E-state index contributed by atoms with van der Waals surface area (Å²) in [6.07, 6.45) is 2.44. The van der Waals surface area contributed by atoms with Gasteiger partial charge in [-0.15, -0.1) is 11.3 Å². The van der Waals surface area contributed by atoms with E-state index in [1.807, 2.05) is 57.2 Å². The number of carbonyl (C=O) groups is 2. The normalized spacial score (nSPS) is 18.9. The first-order valence-corrected chi connectivity index (χ1v) is 24.9. The summed E-state index contributed by atoms with van der Waals surface area (Å²) in [4.78, 5) is 54.6. The molecule has 1 unspecified atom stereocenters. The van der Waals surface area contributed by atoms with Crippen LogP contribution in [-0.4, -0.2) is 98.0 Å². The number of benzene rings is 3. The Morgan fingerprint density at radius 1 is 1.07 bits per heavy atom. The van der Waals surface area contributed by atoms with Crippen LogP contribution >= 0.6 is 22.9 Å². The van der Waals surface area contributed by atoms with Gasteiger partial charge in [0.2, 0.25) is 11.8 Å². The van der Waals surface area contributed by atoms with E-state index in [0.29, 0.717) is 46.7 Å². The molecular weight excluding hydrogens is 898 g/mol. The second kappa shape index (κ2) is 19.7. The van der Waals surface area contributed by atoms with E-state index in [9.17, 15) is 19.5 Å². The molecule has 6 heterocycles. The summed E-state index contributed by atoms with van der Waals surface area (Å²) in [6.45, 7) is 15.9. The fourth-order valence-electron chi connectivity index (χ4n) is 10.3. The molecule has 9 rings (SSSR count). The van der Waals surface area contributed by atoms with E-state index >= 15 is 0 Å². The van der Waals surface area contributed by atoms with Gasteiger partial charge in [0.1, 0.15) is 35.8 Å². The lowest BCUT2D eigenvalue weighted by molar-refractivity contribution is -0.141. The average molecular weight is 957 g/mol. The van der Waals surface area contributed by atoms with Gasteiger partial charge in [-0.05, 0) is 118 Å². The van der Waals surface area contributed by atoms with E-state index in [1.54, 1.807) is 24.6 Å². The molecule has 68 heavy (non-hydrogen) atoms. The molecule has 3 aromatic carbocycles. The summed E-state index contributed by atoms with van der Waals surface area (Å²) in [5.74, 6) is 6.74. The quantitative estimate of drug-likeness (QED) is 0.0853. The first-order valence-electron chi connectivity index (χ1n) is 23.6. The molecular formula is C53H58ClN7O6S. The Morgan fingerprint density at radius 2 is 1.85 bits per heavy atom. The Kier molecular flexibility index (Phi) is 13.7. The number of nitrogens with one attached hydrogen (secondary N) is 1. The molecule has 0 radical (unpaired) electrons.